The number of carboxylic acid groups (broad SMARTS) is 1. The summed E-state index contributed by atoms with van der Waals surface area (Å²) < 4.78 is 13.2. The number of aryl methyl sites for hydroxylation is 2. The molecule has 0 aliphatic rings. The van der Waals surface area contributed by atoms with Gasteiger partial charge in [0.1, 0.15) is 11.5 Å². The van der Waals surface area contributed by atoms with Gasteiger partial charge in [-0.3, -0.25) is 0 Å². The van der Waals surface area contributed by atoms with Crippen molar-refractivity contribution in [3.8, 4) is 11.1 Å². The van der Waals surface area contributed by atoms with Gasteiger partial charge >= 0.3 is 5.97 Å². The monoisotopic (exact) mass is 245 g/mol. The fraction of sp³-hybridized carbons (Fsp3) is 0.143. The number of hydrogen-bond donors (Lipinski definition) is 1. The summed E-state index contributed by atoms with van der Waals surface area (Å²) in [4.78, 5) is 14.6. The number of benzene rings is 1. The van der Waals surface area contributed by atoms with Crippen LogP contribution in [0, 0.1) is 19.7 Å². The van der Waals surface area contributed by atoms with Crippen LogP contribution in [0.1, 0.15) is 21.6 Å². The lowest BCUT2D eigenvalue weighted by Gasteiger charge is -2.10. The van der Waals surface area contributed by atoms with Crippen molar-refractivity contribution in [3.05, 3.63) is 53.1 Å². The maximum absolute atomic E-state index is 13.2. The number of aromatic nitrogens is 1. The molecule has 0 amide bonds. The standard InChI is InChI=1S/C14H12FNO2/c1-8-5-11(15)6-9(2)13(8)10-3-4-12(14(17)18)16-7-10/h3-7H,1-2H3,(H,17,18). The largest absolute Gasteiger partial charge is 0.477 e. The van der Waals surface area contributed by atoms with E-state index in [9.17, 15) is 9.18 Å². The molecule has 92 valence electrons. The van der Waals surface area contributed by atoms with Crippen LogP contribution in [-0.4, -0.2) is 16.1 Å². The second-order valence-electron chi connectivity index (χ2n) is 4.15. The molecule has 0 saturated carbocycles. The summed E-state index contributed by atoms with van der Waals surface area (Å²) in [5.74, 6) is -1.34. The number of rotatable bonds is 2. The van der Waals surface area contributed by atoms with E-state index in [1.165, 1.54) is 24.4 Å². The average Bonchev–Trinajstić information content (AvgIpc) is 2.28. The summed E-state index contributed by atoms with van der Waals surface area (Å²) in [5.41, 5.74) is 3.28. The van der Waals surface area contributed by atoms with Crippen LogP contribution in [0.15, 0.2) is 30.5 Å². The Morgan fingerprint density at radius 2 is 1.83 bits per heavy atom. The topological polar surface area (TPSA) is 50.2 Å². The molecule has 0 fully saturated rings. The zero-order chi connectivity index (χ0) is 13.3. The summed E-state index contributed by atoms with van der Waals surface area (Å²) in [6, 6.07) is 6.03. The molecule has 0 bridgehead atoms. The number of pyridine rings is 1. The predicted molar refractivity (Wildman–Crippen MR) is 66.1 cm³/mol. The van der Waals surface area contributed by atoms with Gasteiger partial charge in [-0.2, -0.15) is 0 Å². The molecule has 1 aromatic heterocycles. The van der Waals surface area contributed by atoms with Gasteiger partial charge in [0.15, 0.2) is 0 Å². The molecule has 0 saturated heterocycles. The van der Waals surface area contributed by atoms with Crippen molar-refractivity contribution < 1.29 is 14.3 Å². The average molecular weight is 245 g/mol. The Morgan fingerprint density at radius 3 is 2.28 bits per heavy atom. The van der Waals surface area contributed by atoms with E-state index in [2.05, 4.69) is 4.98 Å². The third-order valence-electron chi connectivity index (χ3n) is 2.77. The fourth-order valence-corrected chi connectivity index (χ4v) is 2.03. The number of carbonyl (C=O) groups is 1. The van der Waals surface area contributed by atoms with Gasteiger partial charge < -0.3 is 5.11 Å². The third kappa shape index (κ3) is 2.22. The SMILES string of the molecule is Cc1cc(F)cc(C)c1-c1ccc(C(=O)O)nc1. The lowest BCUT2D eigenvalue weighted by Crippen LogP contribution is -2.00. The molecule has 4 heteroatoms. The van der Waals surface area contributed by atoms with Crippen LogP contribution in [0.2, 0.25) is 0 Å². The number of nitrogens with zero attached hydrogens (tertiary/aromatic N) is 1. The minimum absolute atomic E-state index is 0.00355. The smallest absolute Gasteiger partial charge is 0.354 e. The predicted octanol–water partition coefficient (Wildman–Crippen LogP) is 3.20. The first-order valence-corrected chi connectivity index (χ1v) is 5.45. The minimum atomic E-state index is -1.06. The maximum atomic E-state index is 13.2. The highest BCUT2D eigenvalue weighted by Crippen LogP contribution is 2.27. The number of hydrogen-bond acceptors (Lipinski definition) is 2. The van der Waals surface area contributed by atoms with E-state index < -0.39 is 5.97 Å². The third-order valence-corrected chi connectivity index (χ3v) is 2.77. The quantitative estimate of drug-likeness (QED) is 0.883. The van der Waals surface area contributed by atoms with Crippen LogP contribution in [-0.2, 0) is 0 Å². The van der Waals surface area contributed by atoms with Gasteiger partial charge in [-0.15, -0.1) is 0 Å². The van der Waals surface area contributed by atoms with Gasteiger partial charge in [0.25, 0.3) is 0 Å². The summed E-state index contributed by atoms with van der Waals surface area (Å²) >= 11 is 0. The molecule has 3 nitrogen and oxygen atoms in total. The van der Waals surface area contributed by atoms with E-state index in [1.54, 1.807) is 6.07 Å². The summed E-state index contributed by atoms with van der Waals surface area (Å²) in [7, 11) is 0. The Kier molecular flexibility index (Phi) is 3.10. The van der Waals surface area contributed by atoms with Gasteiger partial charge in [0, 0.05) is 11.8 Å². The minimum Gasteiger partial charge on any atom is -0.477 e. The molecule has 2 aromatic rings. The lowest BCUT2D eigenvalue weighted by molar-refractivity contribution is 0.0690. The number of aromatic carboxylic acids is 1. The number of halogens is 1. The van der Waals surface area contributed by atoms with Gasteiger partial charge in [-0.1, -0.05) is 6.07 Å². The van der Waals surface area contributed by atoms with Crippen molar-refractivity contribution in [2.45, 2.75) is 13.8 Å². The zero-order valence-electron chi connectivity index (χ0n) is 10.1. The molecule has 0 radical (unpaired) electrons. The van der Waals surface area contributed by atoms with E-state index in [4.69, 9.17) is 5.11 Å². The van der Waals surface area contributed by atoms with Crippen LogP contribution in [0.25, 0.3) is 11.1 Å². The molecule has 0 aliphatic carbocycles. The Bertz CT molecular complexity index is 583. The Morgan fingerprint density at radius 1 is 1.22 bits per heavy atom. The van der Waals surface area contributed by atoms with Crippen molar-refractivity contribution >= 4 is 5.97 Å². The first kappa shape index (κ1) is 12.2. The van der Waals surface area contributed by atoms with Crippen LogP contribution < -0.4 is 0 Å². The van der Waals surface area contributed by atoms with Crippen LogP contribution in [0.5, 0.6) is 0 Å². The van der Waals surface area contributed by atoms with E-state index in [-0.39, 0.29) is 11.5 Å². The summed E-state index contributed by atoms with van der Waals surface area (Å²) in [5, 5.41) is 8.78. The lowest BCUT2D eigenvalue weighted by atomic mass is 9.97. The summed E-state index contributed by atoms with van der Waals surface area (Å²) in [6.45, 7) is 3.63. The zero-order valence-corrected chi connectivity index (χ0v) is 10.1. The van der Waals surface area contributed by atoms with Gasteiger partial charge in [-0.05, 0) is 48.7 Å². The summed E-state index contributed by atoms with van der Waals surface area (Å²) in [6.07, 6.45) is 1.50. The van der Waals surface area contributed by atoms with Crippen molar-refractivity contribution in [2.24, 2.45) is 0 Å². The molecule has 0 atom stereocenters. The first-order valence-electron chi connectivity index (χ1n) is 5.45. The van der Waals surface area contributed by atoms with Crippen LogP contribution >= 0.6 is 0 Å². The molecule has 2 rings (SSSR count). The normalized spacial score (nSPS) is 10.4. The van der Waals surface area contributed by atoms with Crippen LogP contribution in [0.4, 0.5) is 4.39 Å². The van der Waals surface area contributed by atoms with Crippen molar-refractivity contribution in [3.63, 3.8) is 0 Å². The van der Waals surface area contributed by atoms with E-state index in [1.807, 2.05) is 13.8 Å². The second kappa shape index (κ2) is 4.56. The Labute approximate surface area is 104 Å². The fourth-order valence-electron chi connectivity index (χ4n) is 2.03. The molecule has 1 N–H and O–H groups in total. The highest BCUT2D eigenvalue weighted by Gasteiger charge is 2.10. The molecule has 0 aliphatic heterocycles. The molecule has 0 unspecified atom stereocenters. The molecule has 18 heavy (non-hydrogen) atoms. The Hall–Kier alpha value is -2.23. The van der Waals surface area contributed by atoms with Crippen molar-refractivity contribution in [1.29, 1.82) is 0 Å². The highest BCUT2D eigenvalue weighted by atomic mass is 19.1. The van der Waals surface area contributed by atoms with Gasteiger partial charge in [0.05, 0.1) is 0 Å². The molecular weight excluding hydrogens is 233 g/mol. The molecule has 0 spiro atoms. The van der Waals surface area contributed by atoms with Crippen LogP contribution in [0.3, 0.4) is 0 Å². The van der Waals surface area contributed by atoms with E-state index >= 15 is 0 Å². The van der Waals surface area contributed by atoms with Crippen molar-refractivity contribution in [2.75, 3.05) is 0 Å². The highest BCUT2D eigenvalue weighted by molar-refractivity contribution is 5.86. The Balaban J connectivity index is 2.52. The van der Waals surface area contributed by atoms with Crippen molar-refractivity contribution in [1.82, 2.24) is 4.98 Å². The first-order chi connectivity index (χ1) is 8.49. The van der Waals surface area contributed by atoms with E-state index in [0.29, 0.717) is 0 Å². The molecule has 1 aromatic carbocycles. The second-order valence-corrected chi connectivity index (χ2v) is 4.15. The van der Waals surface area contributed by atoms with E-state index in [0.717, 1.165) is 22.3 Å². The number of carboxylic acids is 1. The van der Waals surface area contributed by atoms with Gasteiger partial charge in [-0.25, -0.2) is 14.2 Å². The van der Waals surface area contributed by atoms with Gasteiger partial charge in [0.2, 0.25) is 0 Å². The molecular formula is C14H12FNO2. The molecule has 1 heterocycles. The maximum Gasteiger partial charge on any atom is 0.354 e.